The van der Waals surface area contributed by atoms with Crippen LogP contribution in [0.25, 0.3) is 0 Å². The van der Waals surface area contributed by atoms with E-state index in [4.69, 9.17) is 27.9 Å². The third-order valence-electron chi connectivity index (χ3n) is 3.96. The second-order valence-corrected chi connectivity index (χ2v) is 8.09. The molecule has 0 aliphatic heterocycles. The Kier molecular flexibility index (Phi) is 8.83. The van der Waals surface area contributed by atoms with Gasteiger partial charge in [0.2, 0.25) is 5.12 Å². The van der Waals surface area contributed by atoms with Gasteiger partial charge in [-0.15, -0.1) is 0 Å². The first-order valence-corrected chi connectivity index (χ1v) is 10.5. The third kappa shape index (κ3) is 6.53. The van der Waals surface area contributed by atoms with Crippen LogP contribution in [0.5, 0.6) is 5.75 Å². The van der Waals surface area contributed by atoms with Crippen molar-refractivity contribution < 1.29 is 9.53 Å². The number of ether oxygens (including phenoxy) is 1. The Labute approximate surface area is 170 Å². The van der Waals surface area contributed by atoms with Crippen LogP contribution in [0.15, 0.2) is 41.3 Å². The second kappa shape index (κ2) is 10.9. The maximum absolute atomic E-state index is 12.5. The van der Waals surface area contributed by atoms with Gasteiger partial charge in [-0.05, 0) is 49.4 Å². The van der Waals surface area contributed by atoms with Gasteiger partial charge in [-0.2, -0.15) is 0 Å². The monoisotopic (exact) mass is 410 g/mol. The molecule has 2 aromatic rings. The van der Waals surface area contributed by atoms with Gasteiger partial charge in [0, 0.05) is 10.5 Å². The fraction of sp³-hybridized carbons (Fsp3) is 0.381. The van der Waals surface area contributed by atoms with Crippen LogP contribution in [0.2, 0.25) is 10.0 Å². The molecule has 2 aromatic carbocycles. The van der Waals surface area contributed by atoms with E-state index in [1.807, 2.05) is 31.2 Å². The molecule has 0 radical (unpaired) electrons. The molecule has 0 fully saturated rings. The first-order chi connectivity index (χ1) is 12.5. The molecule has 2 nitrogen and oxygen atoms in total. The summed E-state index contributed by atoms with van der Waals surface area (Å²) in [5.74, 6) is 0.459. The van der Waals surface area contributed by atoms with Gasteiger partial charge in [0.1, 0.15) is 0 Å². The van der Waals surface area contributed by atoms with Crippen molar-refractivity contribution in [1.82, 2.24) is 0 Å². The first kappa shape index (κ1) is 21.1. The van der Waals surface area contributed by atoms with E-state index in [2.05, 4.69) is 6.92 Å². The van der Waals surface area contributed by atoms with Crippen molar-refractivity contribution in [3.63, 3.8) is 0 Å². The van der Waals surface area contributed by atoms with E-state index in [1.165, 1.54) is 19.3 Å². The van der Waals surface area contributed by atoms with Gasteiger partial charge in [0.15, 0.2) is 5.75 Å². The molecule has 0 saturated carbocycles. The number of carbonyl (C=O) groups is 1. The lowest BCUT2D eigenvalue weighted by Gasteiger charge is -2.11. The highest BCUT2D eigenvalue weighted by Crippen LogP contribution is 2.36. The van der Waals surface area contributed by atoms with E-state index in [1.54, 1.807) is 12.1 Å². The molecule has 0 N–H and O–H groups in total. The van der Waals surface area contributed by atoms with E-state index in [0.717, 1.165) is 35.1 Å². The Bertz CT molecular complexity index is 706. The Balaban J connectivity index is 1.96. The Morgan fingerprint density at radius 1 is 1.00 bits per heavy atom. The zero-order chi connectivity index (χ0) is 18.9. The predicted molar refractivity (Wildman–Crippen MR) is 112 cm³/mol. The van der Waals surface area contributed by atoms with E-state index in [-0.39, 0.29) is 5.12 Å². The van der Waals surface area contributed by atoms with Crippen LogP contribution in [-0.4, -0.2) is 11.7 Å². The predicted octanol–water partition coefficient (Wildman–Crippen LogP) is 7.58. The summed E-state index contributed by atoms with van der Waals surface area (Å²) in [6.07, 6.45) is 5.78. The highest BCUT2D eigenvalue weighted by molar-refractivity contribution is 8.14. The van der Waals surface area contributed by atoms with Gasteiger partial charge in [-0.1, -0.05) is 73.5 Å². The van der Waals surface area contributed by atoms with Crippen molar-refractivity contribution in [2.75, 3.05) is 6.61 Å². The van der Waals surface area contributed by atoms with Crippen molar-refractivity contribution >= 4 is 40.1 Å². The highest BCUT2D eigenvalue weighted by atomic mass is 35.5. The molecule has 0 amide bonds. The zero-order valence-electron chi connectivity index (χ0n) is 15.2. The van der Waals surface area contributed by atoms with Crippen molar-refractivity contribution in [3.8, 4) is 5.75 Å². The van der Waals surface area contributed by atoms with E-state index < -0.39 is 0 Å². The van der Waals surface area contributed by atoms with Crippen molar-refractivity contribution in [3.05, 3.63) is 57.6 Å². The molecule has 0 bridgehead atoms. The quantitative estimate of drug-likeness (QED) is 0.314. The van der Waals surface area contributed by atoms with Crippen LogP contribution in [0.1, 0.15) is 54.9 Å². The molecule has 0 aromatic heterocycles. The maximum Gasteiger partial charge on any atom is 0.224 e. The Morgan fingerprint density at radius 2 is 1.62 bits per heavy atom. The number of hydrogen-bond acceptors (Lipinski definition) is 3. The van der Waals surface area contributed by atoms with Crippen LogP contribution in [0.3, 0.4) is 0 Å². The van der Waals surface area contributed by atoms with Crippen molar-refractivity contribution in [2.45, 2.75) is 50.8 Å². The van der Waals surface area contributed by atoms with Gasteiger partial charge in [0.05, 0.1) is 16.7 Å². The van der Waals surface area contributed by atoms with Crippen molar-refractivity contribution in [2.24, 2.45) is 0 Å². The van der Waals surface area contributed by atoms with Gasteiger partial charge >= 0.3 is 0 Å². The normalized spacial score (nSPS) is 10.8. The standard InChI is InChI=1S/C21H24Cl2O2S/c1-3-4-5-6-7-12-25-20-18(22)13-16(14-19(20)23)21(24)26-17-10-8-15(2)9-11-17/h8-11,13-14H,3-7,12H2,1-2H3. The molecule has 0 aliphatic rings. The molecule has 2 rings (SSSR count). The van der Waals surface area contributed by atoms with E-state index >= 15 is 0 Å². The zero-order valence-corrected chi connectivity index (χ0v) is 17.5. The highest BCUT2D eigenvalue weighted by Gasteiger charge is 2.15. The van der Waals surface area contributed by atoms with Gasteiger partial charge in [-0.25, -0.2) is 0 Å². The summed E-state index contributed by atoms with van der Waals surface area (Å²) < 4.78 is 5.73. The van der Waals surface area contributed by atoms with Gasteiger partial charge in [-0.3, -0.25) is 4.79 Å². The minimum absolute atomic E-state index is 0.0937. The van der Waals surface area contributed by atoms with Crippen LogP contribution in [0, 0.1) is 6.92 Å². The maximum atomic E-state index is 12.5. The van der Waals surface area contributed by atoms with E-state index in [9.17, 15) is 4.79 Å². The van der Waals surface area contributed by atoms with Crippen LogP contribution in [-0.2, 0) is 0 Å². The lowest BCUT2D eigenvalue weighted by Crippen LogP contribution is -2.00. The number of thioether (sulfide) groups is 1. The average molecular weight is 411 g/mol. The minimum Gasteiger partial charge on any atom is -0.490 e. The molecule has 0 unspecified atom stereocenters. The number of carbonyl (C=O) groups excluding carboxylic acids is 1. The summed E-state index contributed by atoms with van der Waals surface area (Å²) in [4.78, 5) is 13.4. The van der Waals surface area contributed by atoms with Crippen LogP contribution < -0.4 is 4.74 Å². The molecule has 5 heteroatoms. The molecule has 0 atom stereocenters. The molecule has 0 heterocycles. The van der Waals surface area contributed by atoms with E-state index in [0.29, 0.717) is 28.0 Å². The minimum atomic E-state index is -0.0937. The molecule has 0 aliphatic carbocycles. The summed E-state index contributed by atoms with van der Waals surface area (Å²) in [6.45, 7) is 4.78. The van der Waals surface area contributed by atoms with Crippen molar-refractivity contribution in [1.29, 1.82) is 0 Å². The molecule has 0 saturated heterocycles. The number of hydrogen-bond donors (Lipinski definition) is 0. The second-order valence-electron chi connectivity index (χ2n) is 6.23. The number of unbranched alkanes of at least 4 members (excludes halogenated alkanes) is 4. The van der Waals surface area contributed by atoms with Gasteiger partial charge < -0.3 is 4.74 Å². The SMILES string of the molecule is CCCCCCCOc1c(Cl)cc(C(=O)Sc2ccc(C)cc2)cc1Cl. The summed E-state index contributed by atoms with van der Waals surface area (Å²) in [6, 6.07) is 11.1. The van der Waals surface area contributed by atoms with Crippen LogP contribution in [0.4, 0.5) is 0 Å². The molecule has 140 valence electrons. The third-order valence-corrected chi connectivity index (χ3v) is 5.45. The topological polar surface area (TPSA) is 26.3 Å². The van der Waals surface area contributed by atoms with Gasteiger partial charge in [0.25, 0.3) is 0 Å². The van der Waals surface area contributed by atoms with Crippen LogP contribution >= 0.6 is 35.0 Å². The Morgan fingerprint density at radius 3 is 2.23 bits per heavy atom. The molecular formula is C21H24Cl2O2S. The fourth-order valence-corrected chi connectivity index (χ4v) is 3.79. The number of halogens is 2. The first-order valence-electron chi connectivity index (χ1n) is 8.92. The lowest BCUT2D eigenvalue weighted by atomic mass is 10.2. The smallest absolute Gasteiger partial charge is 0.224 e. The number of aryl methyl sites for hydroxylation is 1. The number of benzene rings is 2. The summed E-state index contributed by atoms with van der Waals surface area (Å²) >= 11 is 13.7. The molecule has 0 spiro atoms. The fourth-order valence-electron chi connectivity index (χ4n) is 2.47. The average Bonchev–Trinajstić information content (AvgIpc) is 2.61. The summed E-state index contributed by atoms with van der Waals surface area (Å²) in [7, 11) is 0. The molecular weight excluding hydrogens is 387 g/mol. The lowest BCUT2D eigenvalue weighted by molar-refractivity contribution is 0.108. The summed E-state index contributed by atoms with van der Waals surface area (Å²) in [5.41, 5.74) is 1.63. The molecule has 26 heavy (non-hydrogen) atoms. The Hall–Kier alpha value is -1.16. The largest absolute Gasteiger partial charge is 0.490 e. The summed E-state index contributed by atoms with van der Waals surface area (Å²) in [5, 5.41) is 0.654. The number of rotatable bonds is 9.